The fourth-order valence-electron chi connectivity index (χ4n) is 3.35. The first-order chi connectivity index (χ1) is 13.2. The maximum atomic E-state index is 12.4. The van der Waals surface area contributed by atoms with Crippen LogP contribution in [0, 0.1) is 0 Å². The maximum Gasteiger partial charge on any atom is 0.329 e. The van der Waals surface area contributed by atoms with Crippen LogP contribution in [0.2, 0.25) is 0 Å². The quantitative estimate of drug-likeness (QED) is 0.821. The lowest BCUT2D eigenvalue weighted by atomic mass is 9.91. The van der Waals surface area contributed by atoms with Crippen LogP contribution in [0.3, 0.4) is 0 Å². The summed E-state index contributed by atoms with van der Waals surface area (Å²) in [5, 5.41) is 2.63. The molecule has 2 aromatic rings. The topological polar surface area (TPSA) is 93.7 Å². The van der Waals surface area contributed by atoms with Gasteiger partial charge in [-0.2, -0.15) is 0 Å². The van der Waals surface area contributed by atoms with Gasteiger partial charge >= 0.3 is 12.0 Å². The van der Waals surface area contributed by atoms with Gasteiger partial charge in [0.2, 0.25) is 0 Å². The number of urea groups is 1. The third kappa shape index (κ3) is 3.20. The zero-order valence-corrected chi connectivity index (χ0v) is 16.3. The predicted molar refractivity (Wildman–Crippen MR) is 101 cm³/mol. The molecule has 146 valence electrons. The molecule has 0 aliphatic carbocycles. The van der Waals surface area contributed by atoms with E-state index < -0.39 is 11.6 Å². The van der Waals surface area contributed by atoms with Gasteiger partial charge in [-0.25, -0.2) is 19.7 Å². The van der Waals surface area contributed by atoms with Crippen molar-refractivity contribution in [1.82, 2.24) is 15.3 Å². The van der Waals surface area contributed by atoms with Crippen LogP contribution >= 0.6 is 0 Å². The van der Waals surface area contributed by atoms with E-state index in [2.05, 4.69) is 15.3 Å². The van der Waals surface area contributed by atoms with Crippen LogP contribution in [0.25, 0.3) is 0 Å². The van der Waals surface area contributed by atoms with Gasteiger partial charge in [0.15, 0.2) is 0 Å². The number of benzene rings is 1. The molecule has 8 heteroatoms. The molecule has 2 aliphatic heterocycles. The van der Waals surface area contributed by atoms with Crippen molar-refractivity contribution in [1.29, 1.82) is 0 Å². The summed E-state index contributed by atoms with van der Waals surface area (Å²) in [5.74, 6) is 0.326. The number of nitrogens with zero attached hydrogens (tertiary/aromatic N) is 3. The number of anilines is 1. The molecule has 0 unspecified atom stereocenters. The molecule has 4 rings (SSSR count). The number of rotatable bonds is 3. The highest BCUT2D eigenvalue weighted by Crippen LogP contribution is 2.35. The van der Waals surface area contributed by atoms with Crippen LogP contribution < -0.4 is 15.0 Å². The molecular weight excluding hydrogens is 360 g/mol. The molecule has 1 N–H and O–H groups in total. The van der Waals surface area contributed by atoms with Crippen LogP contribution in [0.5, 0.6) is 11.8 Å². The molecule has 1 fully saturated rings. The number of hydrogen-bond acceptors (Lipinski definition) is 6. The van der Waals surface area contributed by atoms with Crippen LogP contribution in [-0.2, 0) is 22.6 Å². The average molecular weight is 382 g/mol. The van der Waals surface area contributed by atoms with Gasteiger partial charge < -0.3 is 14.8 Å². The minimum Gasteiger partial charge on any atom is -0.424 e. The largest absolute Gasteiger partial charge is 0.424 e. The van der Waals surface area contributed by atoms with E-state index in [0.29, 0.717) is 24.5 Å². The molecule has 1 saturated heterocycles. The Bertz CT molecular complexity index is 953. The van der Waals surface area contributed by atoms with E-state index in [1.807, 2.05) is 32.0 Å². The number of imide groups is 1. The van der Waals surface area contributed by atoms with Gasteiger partial charge in [-0.05, 0) is 39.3 Å². The van der Waals surface area contributed by atoms with Crippen LogP contribution in [0.15, 0.2) is 30.6 Å². The second-order valence-electron chi connectivity index (χ2n) is 8.14. The van der Waals surface area contributed by atoms with Crippen LogP contribution in [0.1, 0.15) is 38.8 Å². The van der Waals surface area contributed by atoms with Gasteiger partial charge in [-0.3, -0.25) is 4.79 Å². The summed E-state index contributed by atoms with van der Waals surface area (Å²) in [6.07, 6.45) is 3.53. The molecule has 0 bridgehead atoms. The summed E-state index contributed by atoms with van der Waals surface area (Å²) in [4.78, 5) is 33.9. The van der Waals surface area contributed by atoms with E-state index in [1.54, 1.807) is 13.8 Å². The van der Waals surface area contributed by atoms with Crippen LogP contribution in [-0.4, -0.2) is 33.0 Å². The number of amides is 3. The molecule has 0 spiro atoms. The molecule has 1 aromatic heterocycles. The number of carbonyl (C=O) groups is 2. The molecule has 1 aromatic carbocycles. The minimum absolute atomic E-state index is 0.146. The van der Waals surface area contributed by atoms with Crippen molar-refractivity contribution in [3.8, 4) is 11.8 Å². The molecule has 2 aliphatic rings. The second kappa shape index (κ2) is 6.27. The molecule has 8 nitrogen and oxygen atoms in total. The fraction of sp³-hybridized carbons (Fsp3) is 0.400. The lowest BCUT2D eigenvalue weighted by molar-refractivity contribution is -0.121. The van der Waals surface area contributed by atoms with Gasteiger partial charge in [0, 0.05) is 12.0 Å². The summed E-state index contributed by atoms with van der Waals surface area (Å²) >= 11 is 0. The highest BCUT2D eigenvalue weighted by Gasteiger charge is 2.45. The Morgan fingerprint density at radius 2 is 1.86 bits per heavy atom. The zero-order chi connectivity index (χ0) is 20.1. The SMILES string of the molecule is CC1(C)Cc2c(cccc2Oc2ncc(N3C(=O)NC(C)(C)C3=O)cn2)CO1. The smallest absolute Gasteiger partial charge is 0.329 e. The van der Waals surface area contributed by atoms with Crippen molar-refractivity contribution in [3.05, 3.63) is 41.7 Å². The molecule has 0 saturated carbocycles. The van der Waals surface area contributed by atoms with Crippen molar-refractivity contribution >= 4 is 17.6 Å². The summed E-state index contributed by atoms with van der Waals surface area (Å²) in [6, 6.07) is 5.44. The van der Waals surface area contributed by atoms with E-state index in [9.17, 15) is 9.59 Å². The van der Waals surface area contributed by atoms with Gasteiger partial charge in [0.25, 0.3) is 5.91 Å². The Hall–Kier alpha value is -3.00. The molecular formula is C20H22N4O4. The lowest BCUT2D eigenvalue weighted by Crippen LogP contribution is -2.40. The minimum atomic E-state index is -0.954. The summed E-state index contributed by atoms with van der Waals surface area (Å²) in [7, 11) is 0. The third-order valence-electron chi connectivity index (χ3n) is 4.89. The molecule has 0 atom stereocenters. The Labute approximate surface area is 162 Å². The Morgan fingerprint density at radius 3 is 2.50 bits per heavy atom. The zero-order valence-electron chi connectivity index (χ0n) is 16.3. The fourth-order valence-corrected chi connectivity index (χ4v) is 3.35. The summed E-state index contributed by atoms with van der Waals surface area (Å²) in [6.45, 7) is 7.90. The van der Waals surface area contributed by atoms with Gasteiger partial charge in [-0.15, -0.1) is 0 Å². The lowest BCUT2D eigenvalue weighted by Gasteiger charge is -2.32. The Balaban J connectivity index is 1.57. The standard InChI is InChI=1S/C20H22N4O4/c1-19(2)8-14-12(11-27-19)6-5-7-15(14)28-17-21-9-13(10-22-17)24-16(25)20(3,4)23-18(24)26/h5-7,9-10H,8,11H2,1-4H3,(H,23,26). The second-order valence-corrected chi connectivity index (χ2v) is 8.14. The molecule has 28 heavy (non-hydrogen) atoms. The van der Waals surface area contributed by atoms with E-state index in [-0.39, 0.29) is 17.5 Å². The van der Waals surface area contributed by atoms with Crippen molar-refractivity contribution in [2.24, 2.45) is 0 Å². The summed E-state index contributed by atoms with van der Waals surface area (Å²) in [5.41, 5.74) is 1.22. The first-order valence-corrected chi connectivity index (χ1v) is 9.08. The molecule has 3 heterocycles. The average Bonchev–Trinajstić information content (AvgIpc) is 2.83. The number of ether oxygens (including phenoxy) is 2. The number of aromatic nitrogens is 2. The van der Waals surface area contributed by atoms with Crippen molar-refractivity contribution in [3.63, 3.8) is 0 Å². The monoisotopic (exact) mass is 382 g/mol. The van der Waals surface area contributed by atoms with Crippen LogP contribution in [0.4, 0.5) is 10.5 Å². The van der Waals surface area contributed by atoms with E-state index in [4.69, 9.17) is 9.47 Å². The van der Waals surface area contributed by atoms with Crippen molar-refractivity contribution < 1.29 is 19.1 Å². The van der Waals surface area contributed by atoms with Crippen molar-refractivity contribution in [2.75, 3.05) is 4.90 Å². The van der Waals surface area contributed by atoms with E-state index in [1.165, 1.54) is 12.4 Å². The van der Waals surface area contributed by atoms with E-state index in [0.717, 1.165) is 16.0 Å². The van der Waals surface area contributed by atoms with Gasteiger partial charge in [-0.1, -0.05) is 12.1 Å². The third-order valence-corrected chi connectivity index (χ3v) is 4.89. The first kappa shape index (κ1) is 18.4. The number of carbonyl (C=O) groups excluding carboxylic acids is 2. The van der Waals surface area contributed by atoms with E-state index >= 15 is 0 Å². The number of hydrogen-bond donors (Lipinski definition) is 1. The highest BCUT2D eigenvalue weighted by molar-refractivity contribution is 6.22. The molecule has 0 radical (unpaired) electrons. The Kier molecular flexibility index (Phi) is 4.11. The summed E-state index contributed by atoms with van der Waals surface area (Å²) < 4.78 is 11.7. The maximum absolute atomic E-state index is 12.4. The van der Waals surface area contributed by atoms with Crippen molar-refractivity contribution in [2.45, 2.75) is 51.9 Å². The number of fused-ring (bicyclic) bond motifs is 1. The Morgan fingerprint density at radius 1 is 1.14 bits per heavy atom. The predicted octanol–water partition coefficient (Wildman–Crippen LogP) is 2.96. The number of nitrogens with one attached hydrogen (secondary N) is 1. The highest BCUT2D eigenvalue weighted by atomic mass is 16.5. The normalized spacial score (nSPS) is 19.9. The molecule has 3 amide bonds. The van der Waals surface area contributed by atoms with Gasteiger partial charge in [0.05, 0.1) is 30.3 Å². The van der Waals surface area contributed by atoms with Gasteiger partial charge in [0.1, 0.15) is 11.3 Å². The first-order valence-electron chi connectivity index (χ1n) is 9.08.